The molecule has 1 aromatic rings. The summed E-state index contributed by atoms with van der Waals surface area (Å²) in [5.41, 5.74) is 1.17. The van der Waals surface area contributed by atoms with Crippen molar-refractivity contribution in [1.82, 2.24) is 5.32 Å². The Labute approximate surface area is 129 Å². The zero-order valence-electron chi connectivity index (χ0n) is 13.1. The fourth-order valence-corrected chi connectivity index (χ4v) is 1.77. The number of carbonyl (C=O) groups is 3. The van der Waals surface area contributed by atoms with E-state index in [1.165, 1.54) is 14.0 Å². The molecule has 7 heteroatoms. The van der Waals surface area contributed by atoms with Gasteiger partial charge in [0.15, 0.2) is 0 Å². The molecule has 0 aromatic heterocycles. The molecule has 1 rings (SSSR count). The van der Waals surface area contributed by atoms with Gasteiger partial charge in [-0.25, -0.2) is 9.59 Å². The van der Waals surface area contributed by atoms with Crippen molar-refractivity contribution in [2.75, 3.05) is 17.7 Å². The first-order valence-electron chi connectivity index (χ1n) is 6.86. The number of nitrogens with one attached hydrogen (secondary N) is 3. The Morgan fingerprint density at radius 3 is 1.91 bits per heavy atom. The van der Waals surface area contributed by atoms with Gasteiger partial charge in [0.1, 0.15) is 6.04 Å². The number of benzene rings is 1. The highest BCUT2D eigenvalue weighted by Gasteiger charge is 2.24. The first kappa shape index (κ1) is 17.5. The summed E-state index contributed by atoms with van der Waals surface area (Å²) in [6.45, 7) is 5.03. The molecular formula is C15H21N3O4. The fraction of sp³-hybridized carbons (Fsp3) is 0.400. The van der Waals surface area contributed by atoms with Crippen LogP contribution in [0.2, 0.25) is 0 Å². The van der Waals surface area contributed by atoms with E-state index in [0.717, 1.165) is 0 Å². The standard InChI is InChI=1S/C15H21N3O4/c1-9(2)13(14(20)22-4)18-15(21)17-12-7-5-11(6-8-12)16-10(3)19/h5-9,13H,1-4H3,(H,16,19)(H2,17,18,21). The Kier molecular flexibility index (Phi) is 6.37. The zero-order chi connectivity index (χ0) is 16.7. The Bertz CT molecular complexity index is 540. The van der Waals surface area contributed by atoms with Crippen LogP contribution in [0.4, 0.5) is 16.2 Å². The molecule has 0 saturated heterocycles. The van der Waals surface area contributed by atoms with E-state index in [2.05, 4.69) is 20.7 Å². The van der Waals surface area contributed by atoms with Crippen LogP contribution >= 0.6 is 0 Å². The van der Waals surface area contributed by atoms with Gasteiger partial charge >= 0.3 is 12.0 Å². The molecule has 22 heavy (non-hydrogen) atoms. The highest BCUT2D eigenvalue weighted by molar-refractivity contribution is 5.93. The second-order valence-electron chi connectivity index (χ2n) is 5.10. The van der Waals surface area contributed by atoms with Crippen LogP contribution in [-0.4, -0.2) is 31.1 Å². The number of urea groups is 1. The Morgan fingerprint density at radius 1 is 1.00 bits per heavy atom. The summed E-state index contributed by atoms with van der Waals surface area (Å²) in [4.78, 5) is 34.4. The van der Waals surface area contributed by atoms with Crippen molar-refractivity contribution in [3.05, 3.63) is 24.3 Å². The average Bonchev–Trinajstić information content (AvgIpc) is 2.45. The molecule has 1 atom stereocenters. The highest BCUT2D eigenvalue weighted by atomic mass is 16.5. The molecule has 0 fully saturated rings. The number of rotatable bonds is 5. The van der Waals surface area contributed by atoms with Crippen molar-refractivity contribution < 1.29 is 19.1 Å². The summed E-state index contributed by atoms with van der Waals surface area (Å²) in [6.07, 6.45) is 0. The van der Waals surface area contributed by atoms with Crippen LogP contribution < -0.4 is 16.0 Å². The summed E-state index contributed by atoms with van der Waals surface area (Å²) in [5, 5.41) is 7.81. The van der Waals surface area contributed by atoms with E-state index in [-0.39, 0.29) is 11.8 Å². The molecule has 0 heterocycles. The number of carbonyl (C=O) groups excluding carboxylic acids is 3. The number of methoxy groups -OCH3 is 1. The molecule has 0 aliphatic heterocycles. The largest absolute Gasteiger partial charge is 0.467 e. The third kappa shape index (κ3) is 5.43. The minimum Gasteiger partial charge on any atom is -0.467 e. The molecule has 7 nitrogen and oxygen atoms in total. The van der Waals surface area contributed by atoms with E-state index >= 15 is 0 Å². The van der Waals surface area contributed by atoms with E-state index < -0.39 is 18.0 Å². The summed E-state index contributed by atoms with van der Waals surface area (Å²) in [5.74, 6) is -0.761. The van der Waals surface area contributed by atoms with Crippen molar-refractivity contribution in [1.29, 1.82) is 0 Å². The van der Waals surface area contributed by atoms with Gasteiger partial charge in [0.05, 0.1) is 7.11 Å². The van der Waals surface area contributed by atoms with Crippen LogP contribution in [-0.2, 0) is 14.3 Å². The van der Waals surface area contributed by atoms with Crippen LogP contribution in [0.3, 0.4) is 0 Å². The lowest BCUT2D eigenvalue weighted by molar-refractivity contribution is -0.143. The SMILES string of the molecule is COC(=O)C(NC(=O)Nc1ccc(NC(C)=O)cc1)C(C)C. The van der Waals surface area contributed by atoms with Crippen LogP contribution in [0.25, 0.3) is 0 Å². The van der Waals surface area contributed by atoms with Gasteiger partial charge in [-0.05, 0) is 30.2 Å². The van der Waals surface area contributed by atoms with Gasteiger partial charge in [0, 0.05) is 18.3 Å². The number of amides is 3. The molecule has 1 aromatic carbocycles. The lowest BCUT2D eigenvalue weighted by Gasteiger charge is -2.20. The molecule has 0 aliphatic carbocycles. The Morgan fingerprint density at radius 2 is 1.50 bits per heavy atom. The molecule has 0 bridgehead atoms. The molecule has 120 valence electrons. The normalized spacial score (nSPS) is 11.5. The maximum absolute atomic E-state index is 11.9. The average molecular weight is 307 g/mol. The van der Waals surface area contributed by atoms with Crippen molar-refractivity contribution in [2.45, 2.75) is 26.8 Å². The Hall–Kier alpha value is -2.57. The molecule has 0 saturated carbocycles. The molecule has 3 amide bonds. The van der Waals surface area contributed by atoms with Gasteiger partial charge in [-0.3, -0.25) is 4.79 Å². The van der Waals surface area contributed by atoms with Crippen molar-refractivity contribution in [3.8, 4) is 0 Å². The van der Waals surface area contributed by atoms with Gasteiger partial charge in [-0.1, -0.05) is 13.8 Å². The maximum atomic E-state index is 11.9. The van der Waals surface area contributed by atoms with Crippen molar-refractivity contribution >= 4 is 29.3 Å². The predicted molar refractivity (Wildman–Crippen MR) is 83.5 cm³/mol. The van der Waals surface area contributed by atoms with Gasteiger partial charge < -0.3 is 20.7 Å². The van der Waals surface area contributed by atoms with Gasteiger partial charge in [0.2, 0.25) is 5.91 Å². The van der Waals surface area contributed by atoms with Crippen LogP contribution in [0.5, 0.6) is 0 Å². The molecule has 1 unspecified atom stereocenters. The lowest BCUT2D eigenvalue weighted by atomic mass is 10.1. The quantitative estimate of drug-likeness (QED) is 0.724. The van der Waals surface area contributed by atoms with Crippen molar-refractivity contribution in [3.63, 3.8) is 0 Å². The molecular weight excluding hydrogens is 286 g/mol. The summed E-state index contributed by atoms with van der Waals surface area (Å²) in [7, 11) is 1.28. The van der Waals surface area contributed by atoms with Gasteiger partial charge in [-0.15, -0.1) is 0 Å². The zero-order valence-corrected chi connectivity index (χ0v) is 13.1. The van der Waals surface area contributed by atoms with E-state index in [1.54, 1.807) is 24.3 Å². The van der Waals surface area contributed by atoms with Crippen LogP contribution in [0.1, 0.15) is 20.8 Å². The number of hydrogen-bond donors (Lipinski definition) is 3. The Balaban J connectivity index is 2.64. The summed E-state index contributed by atoms with van der Waals surface area (Å²) < 4.78 is 4.66. The number of ether oxygens (including phenoxy) is 1. The minimum atomic E-state index is -0.719. The fourth-order valence-electron chi connectivity index (χ4n) is 1.77. The number of anilines is 2. The van der Waals surface area contributed by atoms with E-state index in [0.29, 0.717) is 11.4 Å². The molecule has 3 N–H and O–H groups in total. The minimum absolute atomic E-state index is 0.0969. The number of hydrogen-bond acceptors (Lipinski definition) is 4. The molecule has 0 aliphatic rings. The van der Waals surface area contributed by atoms with E-state index in [4.69, 9.17) is 0 Å². The third-order valence-electron chi connectivity index (χ3n) is 2.87. The molecule has 0 radical (unpaired) electrons. The van der Waals surface area contributed by atoms with Gasteiger partial charge in [-0.2, -0.15) is 0 Å². The van der Waals surface area contributed by atoms with Gasteiger partial charge in [0.25, 0.3) is 0 Å². The predicted octanol–water partition coefficient (Wildman–Crippen LogP) is 1.96. The van der Waals surface area contributed by atoms with Crippen LogP contribution in [0.15, 0.2) is 24.3 Å². The maximum Gasteiger partial charge on any atom is 0.328 e. The topological polar surface area (TPSA) is 96.5 Å². The van der Waals surface area contributed by atoms with Crippen molar-refractivity contribution in [2.24, 2.45) is 5.92 Å². The second kappa shape index (κ2) is 8.02. The smallest absolute Gasteiger partial charge is 0.328 e. The number of esters is 1. The van der Waals surface area contributed by atoms with Crippen LogP contribution in [0, 0.1) is 5.92 Å². The van der Waals surface area contributed by atoms with E-state index in [9.17, 15) is 14.4 Å². The lowest BCUT2D eigenvalue weighted by Crippen LogP contribution is -2.46. The molecule has 0 spiro atoms. The van der Waals surface area contributed by atoms with E-state index in [1.807, 2.05) is 13.8 Å². The first-order valence-corrected chi connectivity index (χ1v) is 6.86. The summed E-state index contributed by atoms with van der Waals surface area (Å²) >= 11 is 0. The monoisotopic (exact) mass is 307 g/mol. The second-order valence-corrected chi connectivity index (χ2v) is 5.10. The third-order valence-corrected chi connectivity index (χ3v) is 2.87. The first-order chi connectivity index (χ1) is 10.3. The highest BCUT2D eigenvalue weighted by Crippen LogP contribution is 2.13. The summed E-state index contributed by atoms with van der Waals surface area (Å²) in [6, 6.07) is 5.40.